The molecule has 3 rings (SSSR count). The van der Waals surface area contributed by atoms with Gasteiger partial charge in [-0.15, -0.1) is 11.8 Å². The zero-order chi connectivity index (χ0) is 18.5. The summed E-state index contributed by atoms with van der Waals surface area (Å²) < 4.78 is 0. The summed E-state index contributed by atoms with van der Waals surface area (Å²) in [6.45, 7) is 3.71. The van der Waals surface area contributed by atoms with Crippen molar-refractivity contribution in [3.05, 3.63) is 89.5 Å². The van der Waals surface area contributed by atoms with Gasteiger partial charge in [-0.25, -0.2) is 0 Å². The average molecular weight is 362 g/mol. The van der Waals surface area contributed by atoms with Gasteiger partial charge in [0.05, 0.1) is 0 Å². The van der Waals surface area contributed by atoms with E-state index >= 15 is 0 Å². The Morgan fingerprint density at radius 2 is 1.62 bits per heavy atom. The summed E-state index contributed by atoms with van der Waals surface area (Å²) in [4.78, 5) is 26.6. The number of benzene rings is 2. The maximum absolute atomic E-state index is 12.9. The number of allylic oxidation sites excluding steroid dienone is 3. The van der Waals surface area contributed by atoms with Gasteiger partial charge in [0.15, 0.2) is 11.6 Å². The molecule has 132 valence electrons. The standard InChI is InChI=1S/C23H22O2S/c1-16(2)22(24)20-10-6-7-11-21(20)23(25)17-12-14-19(15-13-17)26-18-8-4-3-5-9-18/h3-14,16,19H,15H2,1-2H3. The first-order valence-corrected chi connectivity index (χ1v) is 9.72. The summed E-state index contributed by atoms with van der Waals surface area (Å²) in [5, 5.41) is 0.321. The topological polar surface area (TPSA) is 34.1 Å². The van der Waals surface area contributed by atoms with Crippen LogP contribution in [0.15, 0.2) is 83.3 Å². The largest absolute Gasteiger partial charge is 0.294 e. The summed E-state index contributed by atoms with van der Waals surface area (Å²) in [5.41, 5.74) is 1.68. The molecule has 0 heterocycles. The van der Waals surface area contributed by atoms with Crippen LogP contribution in [-0.2, 0) is 0 Å². The van der Waals surface area contributed by atoms with E-state index in [0.29, 0.717) is 21.9 Å². The van der Waals surface area contributed by atoms with E-state index in [-0.39, 0.29) is 17.5 Å². The van der Waals surface area contributed by atoms with Gasteiger partial charge in [0, 0.05) is 32.8 Å². The lowest BCUT2D eigenvalue weighted by Crippen LogP contribution is -2.15. The van der Waals surface area contributed by atoms with Gasteiger partial charge >= 0.3 is 0 Å². The van der Waals surface area contributed by atoms with Crippen LogP contribution in [0.3, 0.4) is 0 Å². The molecule has 2 aromatic carbocycles. The van der Waals surface area contributed by atoms with Gasteiger partial charge in [-0.3, -0.25) is 9.59 Å². The second-order valence-electron chi connectivity index (χ2n) is 6.62. The molecule has 0 radical (unpaired) electrons. The minimum Gasteiger partial charge on any atom is -0.294 e. The van der Waals surface area contributed by atoms with Crippen molar-refractivity contribution < 1.29 is 9.59 Å². The van der Waals surface area contributed by atoms with E-state index in [1.54, 1.807) is 23.9 Å². The van der Waals surface area contributed by atoms with Crippen molar-refractivity contribution >= 4 is 23.3 Å². The molecule has 2 aromatic rings. The molecule has 1 unspecified atom stereocenters. The Hall–Kier alpha value is -2.39. The van der Waals surface area contributed by atoms with Crippen LogP contribution < -0.4 is 0 Å². The number of hydrogen-bond acceptors (Lipinski definition) is 3. The maximum atomic E-state index is 12.9. The van der Waals surface area contributed by atoms with Crippen LogP contribution >= 0.6 is 11.8 Å². The second kappa shape index (κ2) is 8.33. The van der Waals surface area contributed by atoms with Crippen LogP contribution in [0.25, 0.3) is 0 Å². The van der Waals surface area contributed by atoms with E-state index in [9.17, 15) is 9.59 Å². The molecule has 1 aliphatic rings. The minimum absolute atomic E-state index is 0.00634. The van der Waals surface area contributed by atoms with Crippen LogP contribution in [0.1, 0.15) is 41.0 Å². The first-order chi connectivity index (χ1) is 12.6. The van der Waals surface area contributed by atoms with Gasteiger partial charge < -0.3 is 0 Å². The molecule has 0 fully saturated rings. The van der Waals surface area contributed by atoms with Crippen LogP contribution in [0.4, 0.5) is 0 Å². The fraction of sp³-hybridized carbons (Fsp3) is 0.217. The Morgan fingerprint density at radius 1 is 0.962 bits per heavy atom. The van der Waals surface area contributed by atoms with Crippen molar-refractivity contribution in [1.82, 2.24) is 0 Å². The smallest absolute Gasteiger partial charge is 0.193 e. The van der Waals surface area contributed by atoms with Crippen LogP contribution in [-0.4, -0.2) is 16.8 Å². The molecule has 0 amide bonds. The monoisotopic (exact) mass is 362 g/mol. The molecule has 0 saturated heterocycles. The average Bonchev–Trinajstić information content (AvgIpc) is 2.68. The van der Waals surface area contributed by atoms with Crippen LogP contribution in [0.5, 0.6) is 0 Å². The van der Waals surface area contributed by atoms with E-state index in [2.05, 4.69) is 18.2 Å². The van der Waals surface area contributed by atoms with E-state index in [1.807, 2.05) is 56.3 Å². The first-order valence-electron chi connectivity index (χ1n) is 8.84. The van der Waals surface area contributed by atoms with Gasteiger partial charge in [0.2, 0.25) is 0 Å². The number of carbonyl (C=O) groups is 2. The van der Waals surface area contributed by atoms with Gasteiger partial charge in [-0.05, 0) is 18.6 Å². The highest BCUT2D eigenvalue weighted by Gasteiger charge is 2.22. The van der Waals surface area contributed by atoms with Crippen molar-refractivity contribution in [2.75, 3.05) is 0 Å². The summed E-state index contributed by atoms with van der Waals surface area (Å²) >= 11 is 1.79. The van der Waals surface area contributed by atoms with Gasteiger partial charge in [-0.1, -0.05) is 74.5 Å². The molecule has 1 aliphatic carbocycles. The second-order valence-corrected chi connectivity index (χ2v) is 7.93. The molecule has 0 aromatic heterocycles. The number of hydrogen-bond donors (Lipinski definition) is 0. The Kier molecular flexibility index (Phi) is 5.89. The van der Waals surface area contributed by atoms with E-state index < -0.39 is 0 Å². The fourth-order valence-corrected chi connectivity index (χ4v) is 3.91. The lowest BCUT2D eigenvalue weighted by atomic mass is 9.90. The number of carbonyl (C=O) groups excluding carboxylic acids is 2. The van der Waals surface area contributed by atoms with Crippen molar-refractivity contribution in [3.8, 4) is 0 Å². The molecular weight excluding hydrogens is 340 g/mol. The molecular formula is C23H22O2S. The Balaban J connectivity index is 1.75. The minimum atomic E-state index is -0.133. The van der Waals surface area contributed by atoms with Crippen LogP contribution in [0.2, 0.25) is 0 Å². The lowest BCUT2D eigenvalue weighted by molar-refractivity contribution is 0.0929. The molecule has 26 heavy (non-hydrogen) atoms. The molecule has 1 atom stereocenters. The zero-order valence-electron chi connectivity index (χ0n) is 15.0. The highest BCUT2D eigenvalue weighted by atomic mass is 32.2. The first kappa shape index (κ1) is 18.4. The number of rotatable bonds is 6. The third kappa shape index (κ3) is 4.23. The van der Waals surface area contributed by atoms with Gasteiger partial charge in [0.1, 0.15) is 0 Å². The summed E-state index contributed by atoms with van der Waals surface area (Å²) in [5.74, 6) is -0.202. The Bertz CT molecular complexity index is 863. The summed E-state index contributed by atoms with van der Waals surface area (Å²) in [7, 11) is 0. The fourth-order valence-electron chi connectivity index (χ4n) is 2.89. The Morgan fingerprint density at radius 3 is 2.23 bits per heavy atom. The Labute approximate surface area is 159 Å². The molecule has 0 N–H and O–H groups in total. The third-order valence-corrected chi connectivity index (χ3v) is 5.51. The molecule has 0 bridgehead atoms. The van der Waals surface area contributed by atoms with Gasteiger partial charge in [0.25, 0.3) is 0 Å². The summed E-state index contributed by atoms with van der Waals surface area (Å²) in [6.07, 6.45) is 6.76. The number of Topliss-reactive ketones (excluding diaryl/α,β-unsaturated/α-hetero) is 2. The highest BCUT2D eigenvalue weighted by molar-refractivity contribution is 8.00. The quantitative estimate of drug-likeness (QED) is 0.613. The summed E-state index contributed by atoms with van der Waals surface area (Å²) in [6, 6.07) is 17.4. The highest BCUT2D eigenvalue weighted by Crippen LogP contribution is 2.30. The van der Waals surface area contributed by atoms with Gasteiger partial charge in [-0.2, -0.15) is 0 Å². The van der Waals surface area contributed by atoms with E-state index in [0.717, 1.165) is 6.42 Å². The SMILES string of the molecule is CC(C)C(=O)c1ccccc1C(=O)C1=CCC(Sc2ccccc2)C=C1. The van der Waals surface area contributed by atoms with Crippen LogP contribution in [0, 0.1) is 5.92 Å². The van der Waals surface area contributed by atoms with Crippen molar-refractivity contribution in [3.63, 3.8) is 0 Å². The lowest BCUT2D eigenvalue weighted by Gasteiger charge is -2.16. The van der Waals surface area contributed by atoms with E-state index in [1.165, 1.54) is 4.90 Å². The van der Waals surface area contributed by atoms with Crippen molar-refractivity contribution in [2.45, 2.75) is 30.4 Å². The van der Waals surface area contributed by atoms with E-state index in [4.69, 9.17) is 0 Å². The maximum Gasteiger partial charge on any atom is 0.193 e. The predicted molar refractivity (Wildman–Crippen MR) is 108 cm³/mol. The van der Waals surface area contributed by atoms with Crippen molar-refractivity contribution in [2.24, 2.45) is 5.92 Å². The number of ketones is 2. The third-order valence-electron chi connectivity index (χ3n) is 4.31. The predicted octanol–water partition coefficient (Wildman–Crippen LogP) is 5.76. The normalized spacial score (nSPS) is 16.4. The zero-order valence-corrected chi connectivity index (χ0v) is 15.8. The van der Waals surface area contributed by atoms with Crippen molar-refractivity contribution in [1.29, 1.82) is 0 Å². The number of thioether (sulfide) groups is 1. The molecule has 0 saturated carbocycles. The molecule has 0 aliphatic heterocycles. The molecule has 2 nitrogen and oxygen atoms in total. The molecule has 3 heteroatoms. The molecule has 0 spiro atoms.